The normalized spacial score (nSPS) is 37.5. The van der Waals surface area contributed by atoms with Crippen LogP contribution in [-0.4, -0.2) is 116 Å². The van der Waals surface area contributed by atoms with E-state index in [1.807, 2.05) is 0 Å². The zero-order chi connectivity index (χ0) is 26.0. The average Bonchev–Trinajstić information content (AvgIpc) is 3.10. The van der Waals surface area contributed by atoms with Crippen LogP contribution >= 0.6 is 0 Å². The molecule has 0 radical (unpaired) electrons. The molecule has 0 unspecified atom stereocenters. The fourth-order valence-electron chi connectivity index (χ4n) is 4.27. The maximum absolute atomic E-state index is 12.1. The number of esters is 1. The number of rotatable bonds is 15. The van der Waals surface area contributed by atoms with Gasteiger partial charge in [-0.25, -0.2) is 0 Å². The number of carbonyl (C=O) groups is 1. The summed E-state index contributed by atoms with van der Waals surface area (Å²) < 4.78 is 21.3. The molecule has 0 spiro atoms. The van der Waals surface area contributed by atoms with Crippen LogP contribution < -0.4 is 0 Å². The van der Waals surface area contributed by atoms with Crippen molar-refractivity contribution >= 4 is 5.97 Å². The van der Waals surface area contributed by atoms with E-state index in [0.717, 1.165) is 19.3 Å². The highest BCUT2D eigenvalue weighted by Crippen LogP contribution is 2.36. The van der Waals surface area contributed by atoms with E-state index in [4.69, 9.17) is 18.9 Å². The Morgan fingerprint density at radius 1 is 0.829 bits per heavy atom. The second kappa shape index (κ2) is 14.7. The highest BCUT2D eigenvalue weighted by atomic mass is 16.8. The van der Waals surface area contributed by atoms with Gasteiger partial charge in [0.25, 0.3) is 0 Å². The molecule has 0 aromatic rings. The van der Waals surface area contributed by atoms with Crippen LogP contribution in [0.25, 0.3) is 0 Å². The molecule has 12 nitrogen and oxygen atoms in total. The molecule has 2 heterocycles. The molecule has 0 aromatic carbocycles. The lowest BCUT2D eigenvalue weighted by atomic mass is 9.99. The molecule has 2 saturated heterocycles. The Morgan fingerprint density at radius 3 is 2.03 bits per heavy atom. The molecule has 0 amide bonds. The van der Waals surface area contributed by atoms with E-state index in [0.29, 0.717) is 6.42 Å². The third kappa shape index (κ3) is 8.03. The number of hydrogen-bond donors (Lipinski definition) is 7. The summed E-state index contributed by atoms with van der Waals surface area (Å²) in [5.74, 6) is -2.77. The maximum Gasteiger partial charge on any atom is 0.305 e. The summed E-state index contributed by atoms with van der Waals surface area (Å²) in [6, 6.07) is 0. The minimum atomic E-state index is -2.27. The van der Waals surface area contributed by atoms with Crippen molar-refractivity contribution < 1.29 is 59.5 Å². The van der Waals surface area contributed by atoms with Gasteiger partial charge in [-0.1, -0.05) is 51.9 Å². The van der Waals surface area contributed by atoms with Gasteiger partial charge in [0.05, 0.1) is 6.61 Å². The summed E-state index contributed by atoms with van der Waals surface area (Å²) in [7, 11) is 0. The van der Waals surface area contributed by atoms with Crippen molar-refractivity contribution in [2.45, 2.75) is 120 Å². The quantitative estimate of drug-likeness (QED) is 0.102. The molecular weight excluding hydrogens is 468 g/mol. The van der Waals surface area contributed by atoms with E-state index in [1.165, 1.54) is 25.7 Å². The van der Waals surface area contributed by atoms with Crippen molar-refractivity contribution in [2.75, 3.05) is 19.8 Å². The van der Waals surface area contributed by atoms with Crippen molar-refractivity contribution in [1.82, 2.24) is 0 Å². The smallest absolute Gasteiger partial charge is 0.305 e. The third-order valence-corrected chi connectivity index (χ3v) is 6.53. The first-order valence-corrected chi connectivity index (χ1v) is 12.5. The van der Waals surface area contributed by atoms with Gasteiger partial charge >= 0.3 is 5.97 Å². The summed E-state index contributed by atoms with van der Waals surface area (Å²) >= 11 is 0. The van der Waals surface area contributed by atoms with Crippen molar-refractivity contribution in [3.63, 3.8) is 0 Å². The Kier molecular flexibility index (Phi) is 12.7. The zero-order valence-corrected chi connectivity index (χ0v) is 20.3. The van der Waals surface area contributed by atoms with E-state index in [9.17, 15) is 40.5 Å². The van der Waals surface area contributed by atoms with Gasteiger partial charge in [-0.3, -0.25) is 4.79 Å². The number of carbonyl (C=O) groups excluding carboxylic acids is 1. The highest BCUT2D eigenvalue weighted by molar-refractivity contribution is 5.69. The van der Waals surface area contributed by atoms with Crippen LogP contribution in [-0.2, 0) is 23.7 Å². The first-order valence-electron chi connectivity index (χ1n) is 12.5. The van der Waals surface area contributed by atoms with Gasteiger partial charge in [-0.15, -0.1) is 0 Å². The van der Waals surface area contributed by atoms with Crippen molar-refractivity contribution in [1.29, 1.82) is 0 Å². The molecule has 0 aliphatic carbocycles. The lowest BCUT2D eigenvalue weighted by Gasteiger charge is -2.43. The van der Waals surface area contributed by atoms with Crippen LogP contribution in [0, 0.1) is 0 Å². The Labute approximate surface area is 205 Å². The number of aliphatic hydroxyl groups is 7. The van der Waals surface area contributed by atoms with E-state index in [2.05, 4.69) is 6.92 Å². The van der Waals surface area contributed by atoms with Gasteiger partial charge in [0, 0.05) is 6.42 Å². The molecule has 0 saturated carbocycles. The first-order chi connectivity index (χ1) is 16.7. The summed E-state index contributed by atoms with van der Waals surface area (Å²) in [4.78, 5) is 12.1. The number of ether oxygens (including phenoxy) is 4. The second-order valence-electron chi connectivity index (χ2n) is 9.28. The van der Waals surface area contributed by atoms with Crippen LogP contribution in [0.1, 0.15) is 64.7 Å². The number of hydrogen-bond acceptors (Lipinski definition) is 12. The van der Waals surface area contributed by atoms with E-state index < -0.39 is 80.6 Å². The Balaban J connectivity index is 1.84. The Morgan fingerprint density at radius 2 is 1.46 bits per heavy atom. The standard InChI is InChI=1S/C23H42O12/c1-2-3-4-5-6-7-8-9-10-16(26)32-12-15-17(27)19(29)20(30)22(33-15)35-23(13-25)21(31)18(28)14(11-24)34-23/h14-15,17-22,24-25,27-31H,2-13H2,1H3/t14-,15-,17-,18-,19+,20-,21+,22-,23+/m1/s1. The van der Waals surface area contributed by atoms with Gasteiger partial charge < -0.3 is 54.7 Å². The molecular formula is C23H42O12. The Hall–Kier alpha value is -0.930. The van der Waals surface area contributed by atoms with Crippen LogP contribution in [0.4, 0.5) is 0 Å². The third-order valence-electron chi connectivity index (χ3n) is 6.53. The molecule has 0 aromatic heterocycles. The zero-order valence-electron chi connectivity index (χ0n) is 20.3. The summed E-state index contributed by atoms with van der Waals surface area (Å²) in [5, 5.41) is 70.0. The van der Waals surface area contributed by atoms with Crippen LogP contribution in [0.15, 0.2) is 0 Å². The predicted molar refractivity (Wildman–Crippen MR) is 120 cm³/mol. The lowest BCUT2D eigenvalue weighted by molar-refractivity contribution is -0.383. The SMILES string of the molecule is CCCCCCCCCCC(=O)OC[C@H]1O[C@H](O[C@]2(CO)O[C@H](CO)[C@@H](O)[C@@H]2O)[C@H](O)[C@@H](O)[C@@H]1O. The monoisotopic (exact) mass is 510 g/mol. The van der Waals surface area contributed by atoms with Gasteiger partial charge in [0.2, 0.25) is 5.79 Å². The summed E-state index contributed by atoms with van der Waals surface area (Å²) in [6.07, 6.45) is -4.14. The molecule has 2 aliphatic heterocycles. The highest BCUT2D eigenvalue weighted by Gasteiger charge is 2.58. The van der Waals surface area contributed by atoms with Crippen LogP contribution in [0.3, 0.4) is 0 Å². The molecule has 2 aliphatic rings. The Bertz CT molecular complexity index is 621. The van der Waals surface area contributed by atoms with Gasteiger partial charge in [0.15, 0.2) is 6.29 Å². The minimum Gasteiger partial charge on any atom is -0.463 e. The molecule has 9 atom stereocenters. The molecule has 2 rings (SSSR count). The molecule has 7 N–H and O–H groups in total. The van der Waals surface area contributed by atoms with Crippen LogP contribution in [0.5, 0.6) is 0 Å². The van der Waals surface area contributed by atoms with Crippen molar-refractivity contribution in [3.8, 4) is 0 Å². The van der Waals surface area contributed by atoms with E-state index in [-0.39, 0.29) is 6.42 Å². The molecule has 2 fully saturated rings. The molecule has 35 heavy (non-hydrogen) atoms. The van der Waals surface area contributed by atoms with Gasteiger partial charge in [-0.05, 0) is 6.42 Å². The predicted octanol–water partition coefficient (Wildman–Crippen LogP) is -1.31. The molecule has 206 valence electrons. The fourth-order valence-corrected chi connectivity index (χ4v) is 4.27. The largest absolute Gasteiger partial charge is 0.463 e. The van der Waals surface area contributed by atoms with Crippen molar-refractivity contribution in [3.05, 3.63) is 0 Å². The first kappa shape index (κ1) is 30.3. The lowest BCUT2D eigenvalue weighted by Crippen LogP contribution is -2.62. The fraction of sp³-hybridized carbons (Fsp3) is 0.957. The van der Waals surface area contributed by atoms with Gasteiger partial charge in [-0.2, -0.15) is 0 Å². The second-order valence-corrected chi connectivity index (χ2v) is 9.28. The molecule has 0 bridgehead atoms. The van der Waals surface area contributed by atoms with E-state index >= 15 is 0 Å². The summed E-state index contributed by atoms with van der Waals surface area (Å²) in [6.45, 7) is 0.0665. The maximum atomic E-state index is 12.1. The minimum absolute atomic E-state index is 0.191. The van der Waals surface area contributed by atoms with E-state index in [1.54, 1.807) is 0 Å². The number of aliphatic hydroxyl groups excluding tert-OH is 7. The number of unbranched alkanes of at least 4 members (excludes halogenated alkanes) is 7. The summed E-state index contributed by atoms with van der Waals surface area (Å²) in [5.41, 5.74) is 0. The topological polar surface area (TPSA) is 196 Å². The van der Waals surface area contributed by atoms with Crippen molar-refractivity contribution in [2.24, 2.45) is 0 Å². The van der Waals surface area contributed by atoms with Crippen LogP contribution in [0.2, 0.25) is 0 Å². The van der Waals surface area contributed by atoms with Gasteiger partial charge in [0.1, 0.15) is 55.9 Å². The molecule has 12 heteroatoms. The average molecular weight is 511 g/mol.